The third-order valence-electron chi connectivity index (χ3n) is 5.39. The molecule has 1 aromatic heterocycles. The van der Waals surface area contributed by atoms with Gasteiger partial charge in [0.25, 0.3) is 0 Å². The number of nitrogens with one attached hydrogen (secondary N) is 1. The summed E-state index contributed by atoms with van der Waals surface area (Å²) in [6, 6.07) is 10.3. The van der Waals surface area contributed by atoms with Crippen molar-refractivity contribution in [3.05, 3.63) is 68.8 Å². The van der Waals surface area contributed by atoms with Crippen LogP contribution >= 0.6 is 34.8 Å². The Morgan fingerprint density at radius 1 is 1.03 bits per heavy atom. The highest BCUT2D eigenvalue weighted by atomic mass is 35.5. The summed E-state index contributed by atoms with van der Waals surface area (Å²) in [6.07, 6.45) is 1.78. The molecule has 2 heterocycles. The number of halogens is 3. The molecule has 0 unspecified atom stereocenters. The van der Waals surface area contributed by atoms with Crippen molar-refractivity contribution in [1.29, 1.82) is 0 Å². The highest BCUT2D eigenvalue weighted by Gasteiger charge is 2.32. The van der Waals surface area contributed by atoms with Crippen molar-refractivity contribution in [2.24, 2.45) is 0 Å². The molecule has 1 saturated heterocycles. The third-order valence-corrected chi connectivity index (χ3v) is 6.21. The van der Waals surface area contributed by atoms with Crippen LogP contribution in [0.3, 0.4) is 0 Å². The molecule has 0 aliphatic carbocycles. The number of carboxylic acids is 1. The molecule has 0 bridgehead atoms. The number of hydrogen-bond donors (Lipinski definition) is 2. The zero-order valence-corrected chi connectivity index (χ0v) is 17.8. The first-order chi connectivity index (χ1) is 13.9. The predicted octanol–water partition coefficient (Wildman–Crippen LogP) is 5.07. The van der Waals surface area contributed by atoms with Crippen LogP contribution in [0.25, 0.3) is 10.9 Å². The number of nitrogens with zero attached hydrogens (tertiary/aromatic N) is 2. The summed E-state index contributed by atoms with van der Waals surface area (Å²) in [4.78, 5) is 19.6. The molecule has 1 aliphatic heterocycles. The maximum Gasteiger partial charge on any atom is 0.325 e. The van der Waals surface area contributed by atoms with Crippen molar-refractivity contribution in [1.82, 2.24) is 14.8 Å². The van der Waals surface area contributed by atoms with E-state index in [4.69, 9.17) is 34.8 Å². The first kappa shape index (κ1) is 20.5. The fraction of sp³-hybridized carbons (Fsp3) is 0.286. The van der Waals surface area contributed by atoms with Crippen LogP contribution in [0.2, 0.25) is 15.1 Å². The van der Waals surface area contributed by atoms with Gasteiger partial charge in [-0.1, -0.05) is 46.9 Å². The van der Waals surface area contributed by atoms with Gasteiger partial charge in [-0.2, -0.15) is 0 Å². The van der Waals surface area contributed by atoms with Crippen molar-refractivity contribution < 1.29 is 9.90 Å². The smallest absolute Gasteiger partial charge is 0.325 e. The number of carbonyl (C=O) groups is 1. The number of piperazine rings is 1. The molecule has 2 N–H and O–H groups in total. The molecule has 0 amide bonds. The summed E-state index contributed by atoms with van der Waals surface area (Å²) in [5.41, 5.74) is 2.63. The van der Waals surface area contributed by atoms with E-state index >= 15 is 0 Å². The van der Waals surface area contributed by atoms with Crippen LogP contribution in [0.1, 0.15) is 17.2 Å². The van der Waals surface area contributed by atoms with Crippen molar-refractivity contribution in [3.63, 3.8) is 0 Å². The Balaban J connectivity index is 1.48. The maximum absolute atomic E-state index is 12.1. The number of aromatic amines is 1. The maximum atomic E-state index is 12.1. The number of benzene rings is 2. The number of carboxylic acid groups (broad SMARTS) is 1. The molecule has 1 fully saturated rings. The van der Waals surface area contributed by atoms with Gasteiger partial charge in [0.1, 0.15) is 6.04 Å². The van der Waals surface area contributed by atoms with Gasteiger partial charge < -0.3 is 10.1 Å². The van der Waals surface area contributed by atoms with E-state index in [2.05, 4.69) is 9.88 Å². The number of aromatic nitrogens is 1. The monoisotopic (exact) mass is 451 g/mol. The quantitative estimate of drug-likeness (QED) is 0.567. The van der Waals surface area contributed by atoms with Gasteiger partial charge in [0.2, 0.25) is 0 Å². The van der Waals surface area contributed by atoms with Gasteiger partial charge in [-0.3, -0.25) is 14.6 Å². The van der Waals surface area contributed by atoms with Crippen molar-refractivity contribution in [2.45, 2.75) is 12.6 Å². The minimum Gasteiger partial charge on any atom is -0.480 e. The van der Waals surface area contributed by atoms with Gasteiger partial charge in [-0.05, 0) is 29.8 Å². The summed E-state index contributed by atoms with van der Waals surface area (Å²) in [5, 5.41) is 12.7. The predicted molar refractivity (Wildman–Crippen MR) is 117 cm³/mol. The molecule has 29 heavy (non-hydrogen) atoms. The highest BCUT2D eigenvalue weighted by molar-refractivity contribution is 6.35. The van der Waals surface area contributed by atoms with Crippen LogP contribution in [0, 0.1) is 0 Å². The number of hydrogen-bond acceptors (Lipinski definition) is 3. The molecule has 3 aromatic rings. The molecule has 1 atom stereocenters. The molecular weight excluding hydrogens is 433 g/mol. The highest BCUT2D eigenvalue weighted by Crippen LogP contribution is 2.31. The summed E-state index contributed by atoms with van der Waals surface area (Å²) < 4.78 is 0. The van der Waals surface area contributed by atoms with Gasteiger partial charge in [0.15, 0.2) is 0 Å². The zero-order chi connectivity index (χ0) is 20.5. The Kier molecular flexibility index (Phi) is 6.04. The normalized spacial score (nSPS) is 16.9. The second-order valence-corrected chi connectivity index (χ2v) is 8.50. The van der Waals surface area contributed by atoms with E-state index in [-0.39, 0.29) is 0 Å². The van der Waals surface area contributed by atoms with E-state index in [1.165, 1.54) is 0 Å². The van der Waals surface area contributed by atoms with E-state index < -0.39 is 12.0 Å². The molecule has 5 nitrogen and oxygen atoms in total. The van der Waals surface area contributed by atoms with E-state index in [0.717, 1.165) is 35.1 Å². The van der Waals surface area contributed by atoms with Crippen LogP contribution < -0.4 is 0 Å². The van der Waals surface area contributed by atoms with Gasteiger partial charge in [0, 0.05) is 70.5 Å². The van der Waals surface area contributed by atoms with Crippen LogP contribution in [-0.4, -0.2) is 52.0 Å². The third kappa shape index (κ3) is 4.39. The largest absolute Gasteiger partial charge is 0.480 e. The standard InChI is InChI=1S/C21H20Cl3N3O2/c22-14-2-1-13(18(24)9-14)12-26-5-7-27(8-6-26)20(21(28)29)17-11-25-19-10-15(23)3-4-16(17)19/h1-4,9-11,20,25H,5-8,12H2,(H,28,29)/t20-/m0/s1. The topological polar surface area (TPSA) is 59.6 Å². The molecule has 0 spiro atoms. The van der Waals surface area contributed by atoms with Gasteiger partial charge >= 0.3 is 5.97 Å². The number of rotatable bonds is 5. The zero-order valence-electron chi connectivity index (χ0n) is 15.5. The van der Waals surface area contributed by atoms with Crippen molar-refractivity contribution in [2.75, 3.05) is 26.2 Å². The lowest BCUT2D eigenvalue weighted by molar-refractivity contribution is -0.144. The minimum absolute atomic E-state index is 0.618. The Morgan fingerprint density at radius 2 is 1.72 bits per heavy atom. The number of aliphatic carboxylic acids is 1. The molecule has 4 rings (SSSR count). The second kappa shape index (κ2) is 8.54. The van der Waals surface area contributed by atoms with E-state index in [0.29, 0.717) is 34.7 Å². The summed E-state index contributed by atoms with van der Waals surface area (Å²) in [6.45, 7) is 3.55. The SMILES string of the molecule is O=C(O)[C@H](c1c[nH]c2cc(Cl)ccc12)N1CCN(Cc2ccc(Cl)cc2Cl)CC1. The molecule has 2 aromatic carbocycles. The van der Waals surface area contributed by atoms with Crippen LogP contribution in [-0.2, 0) is 11.3 Å². The molecule has 152 valence electrons. The fourth-order valence-electron chi connectivity index (χ4n) is 3.90. The lowest BCUT2D eigenvalue weighted by atomic mass is 10.0. The van der Waals surface area contributed by atoms with E-state index in [1.54, 1.807) is 18.3 Å². The average molecular weight is 453 g/mol. The van der Waals surface area contributed by atoms with Crippen LogP contribution in [0.4, 0.5) is 0 Å². The molecule has 0 saturated carbocycles. The van der Waals surface area contributed by atoms with Gasteiger partial charge in [0.05, 0.1) is 0 Å². The Labute approximate surface area is 183 Å². The van der Waals surface area contributed by atoms with Gasteiger partial charge in [-0.25, -0.2) is 0 Å². The summed E-state index contributed by atoms with van der Waals surface area (Å²) in [5.74, 6) is -0.852. The summed E-state index contributed by atoms with van der Waals surface area (Å²) >= 11 is 18.3. The lowest BCUT2D eigenvalue weighted by Crippen LogP contribution is -2.48. The Bertz CT molecular complexity index is 1040. The first-order valence-electron chi connectivity index (χ1n) is 9.32. The number of fused-ring (bicyclic) bond motifs is 1. The fourth-order valence-corrected chi connectivity index (χ4v) is 4.54. The van der Waals surface area contributed by atoms with Crippen LogP contribution in [0.5, 0.6) is 0 Å². The Morgan fingerprint density at radius 3 is 2.41 bits per heavy atom. The number of H-pyrrole nitrogens is 1. The van der Waals surface area contributed by atoms with Gasteiger partial charge in [-0.15, -0.1) is 0 Å². The van der Waals surface area contributed by atoms with E-state index in [9.17, 15) is 9.90 Å². The Hall–Kier alpha value is -1.76. The van der Waals surface area contributed by atoms with Crippen LogP contribution in [0.15, 0.2) is 42.6 Å². The van der Waals surface area contributed by atoms with Crippen molar-refractivity contribution in [3.8, 4) is 0 Å². The summed E-state index contributed by atoms with van der Waals surface area (Å²) in [7, 11) is 0. The molecule has 1 aliphatic rings. The second-order valence-electron chi connectivity index (χ2n) is 7.22. The molecular formula is C21H20Cl3N3O2. The molecule has 8 heteroatoms. The first-order valence-corrected chi connectivity index (χ1v) is 10.5. The van der Waals surface area contributed by atoms with E-state index in [1.807, 2.05) is 29.2 Å². The molecule has 0 radical (unpaired) electrons. The van der Waals surface area contributed by atoms with Crippen molar-refractivity contribution >= 4 is 51.7 Å². The minimum atomic E-state index is -0.852. The average Bonchev–Trinajstić information content (AvgIpc) is 3.08. The lowest BCUT2D eigenvalue weighted by Gasteiger charge is -2.37.